The second kappa shape index (κ2) is 9.61. The van der Waals surface area contributed by atoms with Crippen LogP contribution in [-0.2, 0) is 14.8 Å². The SMILES string of the molecule is CCC(Oc1ccc(F)cc1)C(=O)Nc1ccc(S(=O)(=O)Nc2ccc(C)cc2)cc1. The van der Waals surface area contributed by atoms with Crippen molar-refractivity contribution in [2.24, 2.45) is 0 Å². The van der Waals surface area contributed by atoms with Gasteiger partial charge in [-0.15, -0.1) is 0 Å². The van der Waals surface area contributed by atoms with Crippen molar-refractivity contribution in [3.8, 4) is 5.75 Å². The Balaban J connectivity index is 1.65. The first kappa shape index (κ1) is 22.3. The van der Waals surface area contributed by atoms with Gasteiger partial charge < -0.3 is 10.1 Å². The summed E-state index contributed by atoms with van der Waals surface area (Å²) < 4.78 is 46.3. The van der Waals surface area contributed by atoms with Crippen molar-refractivity contribution in [3.05, 3.63) is 84.2 Å². The predicted octanol–water partition coefficient (Wildman–Crippen LogP) is 4.73. The highest BCUT2D eigenvalue weighted by Crippen LogP contribution is 2.20. The molecule has 3 rings (SSSR count). The first-order valence-electron chi connectivity index (χ1n) is 9.69. The van der Waals surface area contributed by atoms with Crippen molar-refractivity contribution >= 4 is 27.3 Å². The molecule has 0 aliphatic carbocycles. The Hall–Kier alpha value is -3.39. The van der Waals surface area contributed by atoms with E-state index in [4.69, 9.17) is 4.74 Å². The maximum absolute atomic E-state index is 13.0. The molecule has 0 aliphatic rings. The van der Waals surface area contributed by atoms with Crippen LogP contribution < -0.4 is 14.8 Å². The molecule has 0 heterocycles. The second-order valence-corrected chi connectivity index (χ2v) is 8.64. The molecular weight excluding hydrogens is 419 g/mol. The Bertz CT molecular complexity index is 1130. The van der Waals surface area contributed by atoms with Crippen LogP contribution in [-0.4, -0.2) is 20.4 Å². The van der Waals surface area contributed by atoms with Gasteiger partial charge in [0, 0.05) is 11.4 Å². The average Bonchev–Trinajstić information content (AvgIpc) is 2.75. The summed E-state index contributed by atoms with van der Waals surface area (Å²) in [4.78, 5) is 12.6. The fourth-order valence-corrected chi connectivity index (χ4v) is 3.83. The van der Waals surface area contributed by atoms with Crippen LogP contribution in [0, 0.1) is 12.7 Å². The van der Waals surface area contributed by atoms with E-state index in [1.165, 1.54) is 48.5 Å². The lowest BCUT2D eigenvalue weighted by Gasteiger charge is -2.17. The molecular formula is C23H23FN2O4S. The monoisotopic (exact) mass is 442 g/mol. The van der Waals surface area contributed by atoms with Crippen LogP contribution in [0.4, 0.5) is 15.8 Å². The number of benzene rings is 3. The molecule has 2 N–H and O–H groups in total. The molecule has 0 radical (unpaired) electrons. The summed E-state index contributed by atoms with van der Waals surface area (Å²) >= 11 is 0. The minimum atomic E-state index is -3.75. The van der Waals surface area contributed by atoms with E-state index in [9.17, 15) is 17.6 Å². The molecule has 1 amide bonds. The largest absolute Gasteiger partial charge is 0.481 e. The molecule has 0 aromatic heterocycles. The molecule has 6 nitrogen and oxygen atoms in total. The number of sulfonamides is 1. The zero-order chi connectivity index (χ0) is 22.4. The number of hydrogen-bond donors (Lipinski definition) is 2. The van der Waals surface area contributed by atoms with Gasteiger partial charge in [-0.1, -0.05) is 24.6 Å². The van der Waals surface area contributed by atoms with E-state index in [2.05, 4.69) is 10.0 Å². The summed E-state index contributed by atoms with van der Waals surface area (Å²) in [6.07, 6.45) is -0.382. The number of ether oxygens (including phenoxy) is 1. The van der Waals surface area contributed by atoms with Crippen molar-refractivity contribution in [2.45, 2.75) is 31.3 Å². The minimum absolute atomic E-state index is 0.0701. The topological polar surface area (TPSA) is 84.5 Å². The number of hydrogen-bond acceptors (Lipinski definition) is 4. The van der Waals surface area contributed by atoms with E-state index >= 15 is 0 Å². The first-order valence-corrected chi connectivity index (χ1v) is 11.2. The maximum Gasteiger partial charge on any atom is 0.265 e. The van der Waals surface area contributed by atoms with Gasteiger partial charge in [-0.2, -0.15) is 0 Å². The summed E-state index contributed by atoms with van der Waals surface area (Å²) in [5, 5.41) is 2.71. The molecule has 162 valence electrons. The number of halogens is 1. The molecule has 8 heteroatoms. The summed E-state index contributed by atoms with van der Waals surface area (Å²) in [6, 6.07) is 18.2. The van der Waals surface area contributed by atoms with Crippen LogP contribution in [0.25, 0.3) is 0 Å². The summed E-state index contributed by atoms with van der Waals surface area (Å²) in [5.41, 5.74) is 1.92. The van der Waals surface area contributed by atoms with Crippen molar-refractivity contribution in [2.75, 3.05) is 10.0 Å². The third-order valence-corrected chi connectivity index (χ3v) is 5.89. The van der Waals surface area contributed by atoms with Gasteiger partial charge in [0.1, 0.15) is 11.6 Å². The van der Waals surface area contributed by atoms with E-state index in [1.54, 1.807) is 19.1 Å². The quantitative estimate of drug-likeness (QED) is 0.528. The van der Waals surface area contributed by atoms with E-state index in [0.717, 1.165) is 5.56 Å². The molecule has 0 saturated heterocycles. The Kier molecular flexibility index (Phi) is 6.91. The van der Waals surface area contributed by atoms with Gasteiger partial charge in [0.15, 0.2) is 6.10 Å². The molecule has 0 fully saturated rings. The van der Waals surface area contributed by atoms with Crippen LogP contribution in [0.3, 0.4) is 0 Å². The summed E-state index contributed by atoms with van der Waals surface area (Å²) in [7, 11) is -3.75. The van der Waals surface area contributed by atoms with Gasteiger partial charge in [0.25, 0.3) is 15.9 Å². The van der Waals surface area contributed by atoms with Crippen LogP contribution in [0.15, 0.2) is 77.7 Å². The van der Waals surface area contributed by atoms with Gasteiger partial charge in [-0.05, 0) is 74.0 Å². The van der Waals surface area contributed by atoms with Crippen molar-refractivity contribution in [1.29, 1.82) is 0 Å². The molecule has 0 bridgehead atoms. The first-order chi connectivity index (χ1) is 14.8. The number of rotatable bonds is 8. The lowest BCUT2D eigenvalue weighted by molar-refractivity contribution is -0.122. The number of carbonyl (C=O) groups is 1. The normalized spacial score (nSPS) is 12.1. The number of nitrogens with one attached hydrogen (secondary N) is 2. The number of aryl methyl sites for hydroxylation is 1. The molecule has 31 heavy (non-hydrogen) atoms. The third-order valence-electron chi connectivity index (χ3n) is 4.49. The molecule has 3 aromatic carbocycles. The third kappa shape index (κ3) is 6.05. The van der Waals surface area contributed by atoms with Crippen molar-refractivity contribution < 1.29 is 22.3 Å². The van der Waals surface area contributed by atoms with Crippen LogP contribution in [0.2, 0.25) is 0 Å². The zero-order valence-electron chi connectivity index (χ0n) is 17.1. The van der Waals surface area contributed by atoms with Crippen LogP contribution in [0.5, 0.6) is 5.75 Å². The molecule has 0 aliphatic heterocycles. The highest BCUT2D eigenvalue weighted by atomic mass is 32.2. The highest BCUT2D eigenvalue weighted by Gasteiger charge is 2.19. The molecule has 0 saturated carbocycles. The van der Waals surface area contributed by atoms with Gasteiger partial charge in [0.2, 0.25) is 0 Å². The number of anilines is 2. The van der Waals surface area contributed by atoms with Crippen molar-refractivity contribution in [1.82, 2.24) is 0 Å². The van der Waals surface area contributed by atoms with Crippen LogP contribution in [0.1, 0.15) is 18.9 Å². The fraction of sp³-hybridized carbons (Fsp3) is 0.174. The van der Waals surface area contributed by atoms with Gasteiger partial charge in [-0.3, -0.25) is 9.52 Å². The standard InChI is InChI=1S/C23H23FN2O4S/c1-3-22(30-20-12-6-17(24)7-13-20)23(27)25-18-10-14-21(15-11-18)31(28,29)26-19-8-4-16(2)5-9-19/h4-15,22,26H,3H2,1-2H3,(H,25,27). The second-order valence-electron chi connectivity index (χ2n) is 6.95. The van der Waals surface area contributed by atoms with E-state index in [0.29, 0.717) is 23.5 Å². The summed E-state index contributed by atoms with van der Waals surface area (Å²) in [6.45, 7) is 3.71. The smallest absolute Gasteiger partial charge is 0.265 e. The van der Waals surface area contributed by atoms with E-state index in [-0.39, 0.29) is 10.8 Å². The highest BCUT2D eigenvalue weighted by molar-refractivity contribution is 7.92. The Labute approximate surface area is 181 Å². The van der Waals surface area contributed by atoms with Crippen molar-refractivity contribution in [3.63, 3.8) is 0 Å². The summed E-state index contributed by atoms with van der Waals surface area (Å²) in [5.74, 6) is -0.399. The Morgan fingerprint density at radius 1 is 0.935 bits per heavy atom. The molecule has 1 atom stereocenters. The fourth-order valence-electron chi connectivity index (χ4n) is 2.78. The number of carbonyl (C=O) groups excluding carboxylic acids is 1. The van der Waals surface area contributed by atoms with E-state index in [1.807, 2.05) is 19.1 Å². The van der Waals surface area contributed by atoms with Gasteiger partial charge >= 0.3 is 0 Å². The molecule has 3 aromatic rings. The Morgan fingerprint density at radius 3 is 2.10 bits per heavy atom. The van der Waals surface area contributed by atoms with Gasteiger partial charge in [0.05, 0.1) is 4.90 Å². The lowest BCUT2D eigenvalue weighted by Crippen LogP contribution is -2.32. The Morgan fingerprint density at radius 2 is 1.52 bits per heavy atom. The zero-order valence-corrected chi connectivity index (χ0v) is 17.9. The molecule has 0 spiro atoms. The predicted molar refractivity (Wildman–Crippen MR) is 118 cm³/mol. The minimum Gasteiger partial charge on any atom is -0.481 e. The maximum atomic E-state index is 13.0. The lowest BCUT2D eigenvalue weighted by atomic mass is 10.2. The van der Waals surface area contributed by atoms with Gasteiger partial charge in [-0.25, -0.2) is 12.8 Å². The average molecular weight is 443 g/mol. The van der Waals surface area contributed by atoms with E-state index < -0.39 is 21.9 Å². The molecule has 1 unspecified atom stereocenters. The van der Waals surface area contributed by atoms with Crippen LogP contribution >= 0.6 is 0 Å². The number of amides is 1.